The maximum atomic E-state index is 5.81. The molecule has 0 radical (unpaired) electrons. The van der Waals surface area contributed by atoms with E-state index < -0.39 is 0 Å². The zero-order valence-electron chi connectivity index (χ0n) is 10.9. The number of hydrogen-bond donors (Lipinski definition) is 0. The number of alkyl halides is 1. The molecule has 0 bridgehead atoms. The van der Waals surface area contributed by atoms with Gasteiger partial charge in [0.05, 0.1) is 0 Å². The van der Waals surface area contributed by atoms with Crippen LogP contribution in [0.15, 0.2) is 35.2 Å². The van der Waals surface area contributed by atoms with Crippen molar-refractivity contribution < 1.29 is 0 Å². The van der Waals surface area contributed by atoms with Crippen LogP contribution in [0, 0.1) is 0 Å². The van der Waals surface area contributed by atoms with Crippen LogP contribution in [-0.4, -0.2) is 35.7 Å². The molecule has 0 aliphatic heterocycles. The van der Waals surface area contributed by atoms with E-state index in [0.29, 0.717) is 0 Å². The topological polar surface area (TPSA) is 3.24 Å². The van der Waals surface area contributed by atoms with Crippen molar-refractivity contribution >= 4 is 23.4 Å². The number of thioether (sulfide) groups is 1. The molecule has 3 heteroatoms. The van der Waals surface area contributed by atoms with Crippen molar-refractivity contribution in [2.24, 2.45) is 0 Å². The van der Waals surface area contributed by atoms with Crippen LogP contribution in [0.4, 0.5) is 0 Å². The molecular weight excluding hydrogens is 262 g/mol. The van der Waals surface area contributed by atoms with Crippen LogP contribution < -0.4 is 0 Å². The minimum absolute atomic E-state index is 0.787. The monoisotopic (exact) mass is 283 g/mol. The van der Waals surface area contributed by atoms with E-state index in [4.69, 9.17) is 11.6 Å². The van der Waals surface area contributed by atoms with Gasteiger partial charge >= 0.3 is 0 Å². The van der Waals surface area contributed by atoms with Crippen molar-refractivity contribution in [3.8, 4) is 0 Å². The third-order valence-electron chi connectivity index (χ3n) is 3.56. The standard InChI is InChI=1S/C15H22ClNS/c16-10-5-11-17(14-6-4-7-14)12-13-18-15-8-2-1-3-9-15/h1-3,8-9,14H,4-7,10-13H2. The predicted molar refractivity (Wildman–Crippen MR) is 81.7 cm³/mol. The summed E-state index contributed by atoms with van der Waals surface area (Å²) in [6.07, 6.45) is 5.30. The molecule has 1 aliphatic carbocycles. The summed E-state index contributed by atoms with van der Waals surface area (Å²) in [6, 6.07) is 11.5. The van der Waals surface area contributed by atoms with E-state index in [0.717, 1.165) is 18.3 Å². The molecule has 100 valence electrons. The van der Waals surface area contributed by atoms with Gasteiger partial charge in [0.15, 0.2) is 0 Å². The summed E-state index contributed by atoms with van der Waals surface area (Å²) >= 11 is 7.77. The van der Waals surface area contributed by atoms with E-state index in [-0.39, 0.29) is 0 Å². The minimum atomic E-state index is 0.787. The molecule has 0 amide bonds. The SMILES string of the molecule is ClCCCN(CCSc1ccccc1)C1CCC1. The van der Waals surface area contributed by atoms with E-state index in [2.05, 4.69) is 35.2 Å². The summed E-state index contributed by atoms with van der Waals surface area (Å²) in [5.41, 5.74) is 0. The highest BCUT2D eigenvalue weighted by atomic mass is 35.5. The number of benzene rings is 1. The fourth-order valence-corrected chi connectivity index (χ4v) is 3.32. The Kier molecular flexibility index (Phi) is 6.39. The van der Waals surface area contributed by atoms with Crippen LogP contribution in [0.25, 0.3) is 0 Å². The Morgan fingerprint density at radius 3 is 2.56 bits per heavy atom. The second-order valence-electron chi connectivity index (χ2n) is 4.82. The van der Waals surface area contributed by atoms with Crippen molar-refractivity contribution in [1.29, 1.82) is 0 Å². The second kappa shape index (κ2) is 8.08. The second-order valence-corrected chi connectivity index (χ2v) is 6.37. The van der Waals surface area contributed by atoms with Gasteiger partial charge in [-0.2, -0.15) is 0 Å². The molecule has 1 saturated carbocycles. The molecule has 18 heavy (non-hydrogen) atoms. The van der Waals surface area contributed by atoms with Crippen LogP contribution in [0.5, 0.6) is 0 Å². The molecule has 0 aromatic heterocycles. The Morgan fingerprint density at radius 1 is 1.17 bits per heavy atom. The quantitative estimate of drug-likeness (QED) is 0.518. The molecule has 0 heterocycles. The van der Waals surface area contributed by atoms with Crippen LogP contribution in [0.3, 0.4) is 0 Å². The molecule has 1 fully saturated rings. The Bertz CT molecular complexity index is 327. The van der Waals surface area contributed by atoms with Crippen molar-refractivity contribution in [2.45, 2.75) is 36.6 Å². The summed E-state index contributed by atoms with van der Waals surface area (Å²) in [4.78, 5) is 4.02. The highest BCUT2D eigenvalue weighted by molar-refractivity contribution is 7.99. The Hall–Kier alpha value is -0.180. The van der Waals surface area contributed by atoms with Gasteiger partial charge in [0.2, 0.25) is 0 Å². The van der Waals surface area contributed by atoms with Gasteiger partial charge in [0.25, 0.3) is 0 Å². The third-order valence-corrected chi connectivity index (χ3v) is 4.82. The van der Waals surface area contributed by atoms with E-state index >= 15 is 0 Å². The van der Waals surface area contributed by atoms with Crippen molar-refractivity contribution in [2.75, 3.05) is 24.7 Å². The van der Waals surface area contributed by atoms with Crippen molar-refractivity contribution in [3.05, 3.63) is 30.3 Å². The zero-order chi connectivity index (χ0) is 12.6. The van der Waals surface area contributed by atoms with E-state index in [9.17, 15) is 0 Å². The number of hydrogen-bond acceptors (Lipinski definition) is 2. The van der Waals surface area contributed by atoms with E-state index in [1.807, 2.05) is 11.8 Å². The molecule has 1 aromatic carbocycles. The van der Waals surface area contributed by atoms with Crippen molar-refractivity contribution in [3.63, 3.8) is 0 Å². The third kappa shape index (κ3) is 4.49. The van der Waals surface area contributed by atoms with Gasteiger partial charge < -0.3 is 0 Å². The molecule has 0 unspecified atom stereocenters. The van der Waals surface area contributed by atoms with Crippen LogP contribution in [0.2, 0.25) is 0 Å². The fourth-order valence-electron chi connectivity index (χ4n) is 2.29. The molecule has 2 rings (SSSR count). The lowest BCUT2D eigenvalue weighted by Gasteiger charge is -2.37. The minimum Gasteiger partial charge on any atom is -0.300 e. The highest BCUT2D eigenvalue weighted by Gasteiger charge is 2.23. The average molecular weight is 284 g/mol. The van der Waals surface area contributed by atoms with Crippen LogP contribution >= 0.6 is 23.4 Å². The highest BCUT2D eigenvalue weighted by Crippen LogP contribution is 2.26. The largest absolute Gasteiger partial charge is 0.300 e. The molecule has 0 atom stereocenters. The molecule has 0 spiro atoms. The van der Waals surface area contributed by atoms with Gasteiger partial charge in [-0.05, 0) is 37.9 Å². The molecular formula is C15H22ClNS. The summed E-state index contributed by atoms with van der Waals surface area (Å²) in [6.45, 7) is 2.37. The van der Waals surface area contributed by atoms with Gasteiger partial charge in [-0.25, -0.2) is 0 Å². The molecule has 1 aromatic rings. The van der Waals surface area contributed by atoms with Crippen LogP contribution in [0.1, 0.15) is 25.7 Å². The Morgan fingerprint density at radius 2 is 1.94 bits per heavy atom. The lowest BCUT2D eigenvalue weighted by molar-refractivity contribution is 0.136. The summed E-state index contributed by atoms with van der Waals surface area (Å²) in [5.74, 6) is 1.97. The van der Waals surface area contributed by atoms with Crippen LogP contribution in [-0.2, 0) is 0 Å². The maximum Gasteiger partial charge on any atom is 0.0235 e. The first-order chi connectivity index (χ1) is 8.90. The Balaban J connectivity index is 1.71. The average Bonchev–Trinajstić information content (AvgIpc) is 2.35. The zero-order valence-corrected chi connectivity index (χ0v) is 12.4. The van der Waals surface area contributed by atoms with Gasteiger partial charge in [-0.1, -0.05) is 24.6 Å². The normalized spacial score (nSPS) is 15.9. The van der Waals surface area contributed by atoms with Gasteiger partial charge in [0, 0.05) is 29.1 Å². The lowest BCUT2D eigenvalue weighted by Crippen LogP contribution is -2.42. The summed E-state index contributed by atoms with van der Waals surface area (Å²) in [7, 11) is 0. The Labute approximate surface area is 120 Å². The smallest absolute Gasteiger partial charge is 0.0235 e. The molecule has 0 saturated heterocycles. The number of halogens is 1. The summed E-state index contributed by atoms with van der Waals surface area (Å²) < 4.78 is 0. The van der Waals surface area contributed by atoms with Gasteiger partial charge in [0.1, 0.15) is 0 Å². The fraction of sp³-hybridized carbons (Fsp3) is 0.600. The first-order valence-corrected chi connectivity index (χ1v) is 8.40. The number of rotatable bonds is 8. The molecule has 1 aliphatic rings. The molecule has 1 nitrogen and oxygen atoms in total. The lowest BCUT2D eigenvalue weighted by atomic mass is 9.91. The van der Waals surface area contributed by atoms with Crippen molar-refractivity contribution in [1.82, 2.24) is 4.90 Å². The van der Waals surface area contributed by atoms with E-state index in [1.54, 1.807) is 0 Å². The number of nitrogens with zero attached hydrogens (tertiary/aromatic N) is 1. The summed E-state index contributed by atoms with van der Waals surface area (Å²) in [5, 5.41) is 0. The predicted octanol–water partition coefficient (Wildman–Crippen LogP) is 4.26. The van der Waals surface area contributed by atoms with Gasteiger partial charge in [-0.3, -0.25) is 4.90 Å². The first-order valence-electron chi connectivity index (χ1n) is 6.88. The van der Waals surface area contributed by atoms with Gasteiger partial charge in [-0.15, -0.1) is 23.4 Å². The first kappa shape index (κ1) is 14.2. The van der Waals surface area contributed by atoms with E-state index in [1.165, 1.54) is 43.0 Å². The molecule has 0 N–H and O–H groups in total. The maximum absolute atomic E-state index is 5.81.